The highest BCUT2D eigenvalue weighted by molar-refractivity contribution is 7.85. The molecule has 0 amide bonds. The van der Waals surface area contributed by atoms with E-state index in [4.69, 9.17) is 9.47 Å². The molecule has 0 aliphatic carbocycles. The molecular formula is C15H23NO3S. The maximum Gasteiger partial charge on any atom is 0.162 e. The third-order valence-corrected chi connectivity index (χ3v) is 4.86. The van der Waals surface area contributed by atoms with Crippen molar-refractivity contribution in [1.82, 2.24) is 5.32 Å². The van der Waals surface area contributed by atoms with E-state index in [-0.39, 0.29) is 6.04 Å². The summed E-state index contributed by atoms with van der Waals surface area (Å²) in [5, 5.41) is 3.23. The van der Waals surface area contributed by atoms with E-state index in [1.54, 1.807) is 0 Å². The highest BCUT2D eigenvalue weighted by atomic mass is 32.2. The third-order valence-electron chi connectivity index (χ3n) is 3.38. The highest BCUT2D eigenvalue weighted by Crippen LogP contribution is 2.31. The molecule has 1 aliphatic rings. The van der Waals surface area contributed by atoms with Crippen molar-refractivity contribution >= 4 is 10.8 Å². The lowest BCUT2D eigenvalue weighted by molar-refractivity contribution is 0.297. The molecular weight excluding hydrogens is 274 g/mol. The molecule has 1 aliphatic heterocycles. The van der Waals surface area contributed by atoms with Crippen LogP contribution in [-0.4, -0.2) is 36.3 Å². The van der Waals surface area contributed by atoms with Crippen molar-refractivity contribution in [1.29, 1.82) is 0 Å². The van der Waals surface area contributed by atoms with Gasteiger partial charge >= 0.3 is 0 Å². The fraction of sp³-hybridized carbons (Fsp3) is 0.600. The van der Waals surface area contributed by atoms with E-state index in [2.05, 4.69) is 12.2 Å². The summed E-state index contributed by atoms with van der Waals surface area (Å²) in [6.45, 7) is 3.46. The summed E-state index contributed by atoms with van der Waals surface area (Å²) in [4.78, 5) is 0.811. The van der Waals surface area contributed by atoms with Gasteiger partial charge in [-0.3, -0.25) is 4.21 Å². The molecule has 0 aromatic heterocycles. The van der Waals surface area contributed by atoms with Crippen LogP contribution in [0.15, 0.2) is 23.1 Å². The van der Waals surface area contributed by atoms with Gasteiger partial charge in [0.2, 0.25) is 0 Å². The molecule has 1 N–H and O–H groups in total. The smallest absolute Gasteiger partial charge is 0.162 e. The van der Waals surface area contributed by atoms with Crippen LogP contribution in [0, 0.1) is 0 Å². The molecule has 0 spiro atoms. The summed E-state index contributed by atoms with van der Waals surface area (Å²) in [6.07, 6.45) is 3.00. The molecule has 2 unspecified atom stereocenters. The number of benzene rings is 1. The average molecular weight is 297 g/mol. The number of rotatable bonds is 6. The molecule has 0 radical (unpaired) electrons. The van der Waals surface area contributed by atoms with Gasteiger partial charge in [-0.05, 0) is 25.6 Å². The standard InChI is InChI=1S/C15H23NO3S/c1-3-5-12(16-2)11-20(17)13-6-7-14-15(10-13)19-9-4-8-18-14/h6-7,10,12,16H,3-5,8-9,11H2,1-2H3. The normalized spacial score (nSPS) is 17.3. The third kappa shape index (κ3) is 3.96. The first-order valence-corrected chi connectivity index (χ1v) is 8.51. The van der Waals surface area contributed by atoms with Crippen LogP contribution >= 0.6 is 0 Å². The molecule has 0 fully saturated rings. The molecule has 1 heterocycles. The van der Waals surface area contributed by atoms with Gasteiger partial charge in [-0.25, -0.2) is 0 Å². The van der Waals surface area contributed by atoms with E-state index in [1.165, 1.54) is 0 Å². The fourth-order valence-electron chi connectivity index (χ4n) is 2.22. The van der Waals surface area contributed by atoms with Gasteiger partial charge in [0.1, 0.15) is 0 Å². The second kappa shape index (κ2) is 7.64. The van der Waals surface area contributed by atoms with Gasteiger partial charge in [-0.15, -0.1) is 0 Å². The molecule has 5 heteroatoms. The minimum Gasteiger partial charge on any atom is -0.490 e. The number of fused-ring (bicyclic) bond motifs is 1. The Balaban J connectivity index is 2.08. The van der Waals surface area contributed by atoms with Crippen molar-refractivity contribution in [3.63, 3.8) is 0 Å². The summed E-state index contributed by atoms with van der Waals surface area (Å²) >= 11 is 0. The zero-order chi connectivity index (χ0) is 14.4. The number of nitrogens with one attached hydrogen (secondary N) is 1. The van der Waals surface area contributed by atoms with Crippen molar-refractivity contribution in [3.8, 4) is 11.5 Å². The van der Waals surface area contributed by atoms with Crippen LogP contribution in [0.25, 0.3) is 0 Å². The molecule has 20 heavy (non-hydrogen) atoms. The van der Waals surface area contributed by atoms with E-state index in [1.807, 2.05) is 25.2 Å². The Labute approximate surface area is 123 Å². The van der Waals surface area contributed by atoms with E-state index in [0.29, 0.717) is 24.7 Å². The summed E-state index contributed by atoms with van der Waals surface area (Å²) in [5.74, 6) is 2.09. The first-order valence-electron chi connectivity index (χ1n) is 7.20. The summed E-state index contributed by atoms with van der Waals surface area (Å²) < 4.78 is 23.7. The van der Waals surface area contributed by atoms with Gasteiger partial charge < -0.3 is 14.8 Å². The summed E-state index contributed by atoms with van der Waals surface area (Å²) in [5.41, 5.74) is 0. The number of ether oxygens (including phenoxy) is 2. The molecule has 1 aromatic rings. The van der Waals surface area contributed by atoms with Gasteiger partial charge in [0, 0.05) is 29.2 Å². The minimum absolute atomic E-state index is 0.289. The minimum atomic E-state index is -1.02. The Bertz CT molecular complexity index is 464. The second-order valence-electron chi connectivity index (χ2n) is 4.95. The molecule has 0 saturated heterocycles. The molecule has 4 nitrogen and oxygen atoms in total. The lowest BCUT2D eigenvalue weighted by Crippen LogP contribution is -2.30. The number of hydrogen-bond acceptors (Lipinski definition) is 4. The maximum atomic E-state index is 12.4. The first-order chi connectivity index (χ1) is 9.74. The first kappa shape index (κ1) is 15.3. The van der Waals surface area contributed by atoms with Crippen LogP contribution in [0.2, 0.25) is 0 Å². The monoisotopic (exact) mass is 297 g/mol. The average Bonchev–Trinajstić information content (AvgIpc) is 2.71. The van der Waals surface area contributed by atoms with Crippen molar-refractivity contribution in [2.24, 2.45) is 0 Å². The second-order valence-corrected chi connectivity index (χ2v) is 6.44. The summed E-state index contributed by atoms with van der Waals surface area (Å²) in [6, 6.07) is 5.89. The molecule has 112 valence electrons. The zero-order valence-corrected chi connectivity index (χ0v) is 13.0. The van der Waals surface area contributed by atoms with Crippen LogP contribution < -0.4 is 14.8 Å². The van der Waals surface area contributed by atoms with Crippen molar-refractivity contribution in [3.05, 3.63) is 18.2 Å². The highest BCUT2D eigenvalue weighted by Gasteiger charge is 2.16. The van der Waals surface area contributed by atoms with Crippen molar-refractivity contribution in [2.45, 2.75) is 37.1 Å². The van der Waals surface area contributed by atoms with Crippen LogP contribution in [0.3, 0.4) is 0 Å². The molecule has 0 bridgehead atoms. The Hall–Kier alpha value is -1.07. The molecule has 1 aromatic carbocycles. The predicted molar refractivity (Wildman–Crippen MR) is 81.1 cm³/mol. The SMILES string of the molecule is CCCC(CS(=O)c1ccc2c(c1)OCCCO2)NC. The van der Waals surface area contributed by atoms with Crippen LogP contribution in [0.4, 0.5) is 0 Å². The van der Waals surface area contributed by atoms with E-state index in [9.17, 15) is 4.21 Å². The predicted octanol–water partition coefficient (Wildman–Crippen LogP) is 2.34. The Morgan fingerprint density at radius 3 is 2.75 bits per heavy atom. The largest absolute Gasteiger partial charge is 0.490 e. The molecule has 2 rings (SSSR count). The van der Waals surface area contributed by atoms with E-state index >= 15 is 0 Å². The van der Waals surface area contributed by atoms with Crippen molar-refractivity contribution in [2.75, 3.05) is 26.0 Å². The summed E-state index contributed by atoms with van der Waals surface area (Å²) in [7, 11) is 0.906. The Morgan fingerprint density at radius 2 is 2.05 bits per heavy atom. The lowest BCUT2D eigenvalue weighted by Gasteiger charge is -2.15. The van der Waals surface area contributed by atoms with E-state index in [0.717, 1.165) is 29.9 Å². The zero-order valence-electron chi connectivity index (χ0n) is 12.2. The van der Waals surface area contributed by atoms with Gasteiger partial charge in [0.15, 0.2) is 11.5 Å². The Kier molecular flexibility index (Phi) is 5.86. The lowest BCUT2D eigenvalue weighted by atomic mass is 10.2. The van der Waals surface area contributed by atoms with Crippen LogP contribution in [-0.2, 0) is 10.8 Å². The van der Waals surface area contributed by atoms with Gasteiger partial charge in [0.25, 0.3) is 0 Å². The fourth-order valence-corrected chi connectivity index (χ4v) is 3.57. The topological polar surface area (TPSA) is 47.6 Å². The Morgan fingerprint density at radius 1 is 1.30 bits per heavy atom. The van der Waals surface area contributed by atoms with Gasteiger partial charge in [-0.1, -0.05) is 13.3 Å². The molecule has 0 saturated carbocycles. The van der Waals surface area contributed by atoms with E-state index < -0.39 is 10.8 Å². The van der Waals surface area contributed by atoms with Gasteiger partial charge in [-0.2, -0.15) is 0 Å². The number of hydrogen-bond donors (Lipinski definition) is 1. The molecule has 2 atom stereocenters. The van der Waals surface area contributed by atoms with Gasteiger partial charge in [0.05, 0.1) is 24.0 Å². The van der Waals surface area contributed by atoms with Crippen molar-refractivity contribution < 1.29 is 13.7 Å². The van der Waals surface area contributed by atoms with Crippen LogP contribution in [0.1, 0.15) is 26.2 Å². The maximum absolute atomic E-state index is 12.4. The quantitative estimate of drug-likeness (QED) is 0.875. The van der Waals surface area contributed by atoms with Crippen LogP contribution in [0.5, 0.6) is 11.5 Å².